The molecule has 0 aliphatic carbocycles. The molecule has 2 rings (SSSR count). The first-order chi connectivity index (χ1) is 5.92. The van der Waals surface area contributed by atoms with Gasteiger partial charge in [-0.05, 0) is 0 Å². The lowest BCUT2D eigenvalue weighted by Crippen LogP contribution is -2.44. The Morgan fingerprint density at radius 1 is 1.67 bits per heavy atom. The predicted octanol–water partition coefficient (Wildman–Crippen LogP) is -1.15. The lowest BCUT2D eigenvalue weighted by molar-refractivity contribution is -0.116. The van der Waals surface area contributed by atoms with Crippen LogP contribution in [-0.4, -0.2) is 37.3 Å². The molecule has 2 heterocycles. The molecule has 2 aliphatic rings. The van der Waals surface area contributed by atoms with Crippen molar-refractivity contribution in [3.8, 4) is 0 Å². The van der Waals surface area contributed by atoms with E-state index in [0.717, 1.165) is 17.9 Å². The van der Waals surface area contributed by atoms with E-state index in [-0.39, 0.29) is 0 Å². The Morgan fingerprint density at radius 3 is 3.42 bits per heavy atom. The first-order valence-corrected chi connectivity index (χ1v) is 3.84. The lowest BCUT2D eigenvalue weighted by atomic mass is 10.3. The molecule has 2 aliphatic heterocycles. The van der Waals surface area contributed by atoms with Gasteiger partial charge < -0.3 is 10.2 Å². The third-order valence-electron chi connectivity index (χ3n) is 1.92. The molecule has 0 aromatic carbocycles. The van der Waals surface area contributed by atoms with E-state index in [4.69, 9.17) is 0 Å². The fourth-order valence-corrected chi connectivity index (χ4v) is 1.31. The van der Waals surface area contributed by atoms with Crippen molar-refractivity contribution in [1.82, 2.24) is 15.5 Å². The molecular weight excluding hydrogens is 156 g/mol. The summed E-state index contributed by atoms with van der Waals surface area (Å²) in [7, 11) is 0. The van der Waals surface area contributed by atoms with Gasteiger partial charge >= 0.3 is 0 Å². The highest BCUT2D eigenvalue weighted by molar-refractivity contribution is 5.69. The topological polar surface area (TPSA) is 56.7 Å². The Hall–Kier alpha value is -1.36. The summed E-state index contributed by atoms with van der Waals surface area (Å²) in [5.41, 5.74) is 0.929. The molecule has 0 radical (unpaired) electrons. The van der Waals surface area contributed by atoms with E-state index in [9.17, 15) is 4.79 Å². The number of hydrogen-bond acceptors (Lipinski definition) is 4. The van der Waals surface area contributed by atoms with Crippen molar-refractivity contribution in [2.45, 2.75) is 0 Å². The van der Waals surface area contributed by atoms with Crippen molar-refractivity contribution in [2.24, 2.45) is 4.99 Å². The standard InChI is InChI=1S/C7H10N4O/c12-5-11-2-1-9-7-6(11)3-8-4-10-7/h1,5,8,10H,2-4H2. The van der Waals surface area contributed by atoms with Gasteiger partial charge in [0, 0.05) is 12.8 Å². The van der Waals surface area contributed by atoms with Crippen LogP contribution in [-0.2, 0) is 4.79 Å². The molecule has 0 aromatic rings. The summed E-state index contributed by atoms with van der Waals surface area (Å²) in [5, 5.41) is 6.16. The monoisotopic (exact) mass is 166 g/mol. The van der Waals surface area contributed by atoms with E-state index < -0.39 is 0 Å². The zero-order valence-electron chi connectivity index (χ0n) is 6.58. The fraction of sp³-hybridized carbons (Fsp3) is 0.429. The highest BCUT2D eigenvalue weighted by Gasteiger charge is 2.19. The van der Waals surface area contributed by atoms with Crippen molar-refractivity contribution < 1.29 is 4.79 Å². The second kappa shape index (κ2) is 2.94. The van der Waals surface area contributed by atoms with Gasteiger partial charge in [0.1, 0.15) is 5.82 Å². The van der Waals surface area contributed by atoms with Crippen LogP contribution in [0.1, 0.15) is 0 Å². The summed E-state index contributed by atoms with van der Waals surface area (Å²) in [6.07, 6.45) is 2.56. The van der Waals surface area contributed by atoms with Crippen LogP contribution < -0.4 is 10.6 Å². The van der Waals surface area contributed by atoms with Gasteiger partial charge in [-0.3, -0.25) is 10.1 Å². The first kappa shape index (κ1) is 7.30. The summed E-state index contributed by atoms with van der Waals surface area (Å²) >= 11 is 0. The molecule has 64 valence electrons. The normalized spacial score (nSPS) is 21.8. The van der Waals surface area contributed by atoms with Gasteiger partial charge in [-0.25, -0.2) is 4.99 Å². The zero-order chi connectivity index (χ0) is 8.39. The predicted molar refractivity (Wildman–Crippen MR) is 44.3 cm³/mol. The maximum absolute atomic E-state index is 10.6. The van der Waals surface area contributed by atoms with E-state index >= 15 is 0 Å². The van der Waals surface area contributed by atoms with Crippen LogP contribution in [0.25, 0.3) is 0 Å². The third-order valence-corrected chi connectivity index (χ3v) is 1.92. The van der Waals surface area contributed by atoms with Crippen molar-refractivity contribution in [2.75, 3.05) is 19.8 Å². The number of nitrogens with zero attached hydrogens (tertiary/aromatic N) is 2. The molecule has 1 amide bonds. The smallest absolute Gasteiger partial charge is 0.214 e. The lowest BCUT2D eigenvalue weighted by Gasteiger charge is -2.28. The van der Waals surface area contributed by atoms with Crippen molar-refractivity contribution in [3.63, 3.8) is 0 Å². The third kappa shape index (κ3) is 1.08. The molecule has 12 heavy (non-hydrogen) atoms. The molecule has 2 N–H and O–H groups in total. The number of rotatable bonds is 1. The van der Waals surface area contributed by atoms with Gasteiger partial charge in [0.15, 0.2) is 0 Å². The highest BCUT2D eigenvalue weighted by Crippen LogP contribution is 2.12. The highest BCUT2D eigenvalue weighted by atomic mass is 16.1. The van der Waals surface area contributed by atoms with Crippen LogP contribution in [0, 0.1) is 0 Å². The molecular formula is C7H10N4O. The van der Waals surface area contributed by atoms with E-state index in [2.05, 4.69) is 15.6 Å². The van der Waals surface area contributed by atoms with Gasteiger partial charge in [0.2, 0.25) is 6.41 Å². The number of nitrogens with one attached hydrogen (secondary N) is 2. The largest absolute Gasteiger partial charge is 0.356 e. The summed E-state index contributed by atoms with van der Waals surface area (Å²) in [5.74, 6) is 0.812. The Bertz CT molecular complexity index is 258. The van der Waals surface area contributed by atoms with Gasteiger partial charge in [-0.1, -0.05) is 0 Å². The summed E-state index contributed by atoms with van der Waals surface area (Å²) in [4.78, 5) is 16.4. The van der Waals surface area contributed by atoms with Crippen LogP contribution in [0.3, 0.4) is 0 Å². The molecule has 0 bridgehead atoms. The minimum absolute atomic E-state index is 0.575. The Morgan fingerprint density at radius 2 is 2.58 bits per heavy atom. The number of carbonyl (C=O) groups excluding carboxylic acids is 1. The summed E-state index contributed by atoms with van der Waals surface area (Å²) < 4.78 is 0. The van der Waals surface area contributed by atoms with E-state index in [1.165, 1.54) is 0 Å². The molecule has 5 nitrogen and oxygen atoms in total. The van der Waals surface area contributed by atoms with E-state index in [0.29, 0.717) is 19.8 Å². The quantitative estimate of drug-likeness (QED) is 0.483. The maximum atomic E-state index is 10.6. The van der Waals surface area contributed by atoms with E-state index in [1.54, 1.807) is 11.1 Å². The zero-order valence-corrected chi connectivity index (χ0v) is 6.58. The molecule has 0 unspecified atom stereocenters. The Kier molecular flexibility index (Phi) is 1.79. The first-order valence-electron chi connectivity index (χ1n) is 3.84. The van der Waals surface area contributed by atoms with Crippen molar-refractivity contribution in [1.29, 1.82) is 0 Å². The van der Waals surface area contributed by atoms with Crippen LogP contribution in [0.2, 0.25) is 0 Å². The van der Waals surface area contributed by atoms with Crippen molar-refractivity contribution in [3.05, 3.63) is 11.5 Å². The SMILES string of the molecule is O=CN1CC=NC2=C1CNCN2. The van der Waals surface area contributed by atoms with Crippen LogP contribution in [0.4, 0.5) is 0 Å². The molecule has 5 heteroatoms. The Balaban J connectivity index is 2.29. The molecule has 0 atom stereocenters. The maximum Gasteiger partial charge on any atom is 0.214 e. The molecule has 0 fully saturated rings. The minimum atomic E-state index is 0.575. The van der Waals surface area contributed by atoms with Gasteiger partial charge in [-0.2, -0.15) is 0 Å². The second-order valence-electron chi connectivity index (χ2n) is 2.65. The Labute approximate surface area is 70.1 Å². The summed E-state index contributed by atoms with van der Waals surface area (Å²) in [6, 6.07) is 0. The molecule has 0 saturated heterocycles. The van der Waals surface area contributed by atoms with Crippen LogP contribution >= 0.6 is 0 Å². The molecule has 0 spiro atoms. The van der Waals surface area contributed by atoms with Gasteiger partial charge in [0.25, 0.3) is 0 Å². The number of hydrogen-bond donors (Lipinski definition) is 2. The van der Waals surface area contributed by atoms with Gasteiger partial charge in [0.05, 0.1) is 18.9 Å². The second-order valence-corrected chi connectivity index (χ2v) is 2.65. The van der Waals surface area contributed by atoms with E-state index in [1.807, 2.05) is 0 Å². The molecule has 0 aromatic heterocycles. The number of amides is 1. The minimum Gasteiger partial charge on any atom is -0.356 e. The molecule has 0 saturated carbocycles. The van der Waals surface area contributed by atoms with Crippen LogP contribution in [0.5, 0.6) is 0 Å². The van der Waals surface area contributed by atoms with Crippen LogP contribution in [0.15, 0.2) is 16.5 Å². The fourth-order valence-electron chi connectivity index (χ4n) is 1.31. The van der Waals surface area contributed by atoms with Crippen molar-refractivity contribution >= 4 is 12.6 Å². The average Bonchev–Trinajstić information content (AvgIpc) is 2.17. The number of aliphatic imine (C=N–C) groups is 1. The average molecular weight is 166 g/mol. The van der Waals surface area contributed by atoms with Gasteiger partial charge in [-0.15, -0.1) is 0 Å². The summed E-state index contributed by atoms with van der Waals surface area (Å²) in [6.45, 7) is 1.99. The number of carbonyl (C=O) groups is 1.